The Morgan fingerprint density at radius 3 is 2.29 bits per heavy atom. The first-order chi connectivity index (χ1) is 17.5. The molecule has 3 saturated carbocycles. The van der Waals surface area contributed by atoms with Gasteiger partial charge in [0, 0.05) is 22.9 Å². The van der Waals surface area contributed by atoms with Gasteiger partial charge in [-0.25, -0.2) is 0 Å². The van der Waals surface area contributed by atoms with Crippen molar-refractivity contribution in [3.8, 4) is 6.07 Å². The Balaban J connectivity index is 1.74. The minimum absolute atomic E-state index is 0.0408. The summed E-state index contributed by atoms with van der Waals surface area (Å²) in [5.41, 5.74) is 0.957. The number of Topliss-reactive ketones (excluding diaryl/α,β-unsaturated/α-hetero) is 1. The minimum atomic E-state index is -0.645. The molecule has 0 aliphatic heterocycles. The first-order valence-electron chi connectivity index (χ1n) is 14.8. The normalized spacial score (nSPS) is 43.1. The van der Waals surface area contributed by atoms with Crippen molar-refractivity contribution in [3.63, 3.8) is 0 Å². The molecular formula is C33H46N2O3. The maximum atomic E-state index is 14.4. The van der Waals surface area contributed by atoms with E-state index in [1.165, 1.54) is 0 Å². The maximum absolute atomic E-state index is 14.4. The van der Waals surface area contributed by atoms with Crippen molar-refractivity contribution in [3.05, 3.63) is 22.8 Å². The van der Waals surface area contributed by atoms with Crippen LogP contribution in [0.1, 0.15) is 107 Å². The standard InChI is InChI=1S/C33H46N2O3/c1-9-35-27(38)33-14-12-28(2,3)18-21(33)25-22(36)16-24-30(6)17-20(19-34)26(37)29(4,5)23(30)10-11-31(24,7)32(25,8)13-15-33/h16,20,23H,9-15,17-18H2,1-8H3,(H,35,38)/t20?,23-,30-,31+,32+,33-/m0/s1. The number of allylic oxidation sites excluding steroid dienone is 3. The van der Waals surface area contributed by atoms with Gasteiger partial charge in [-0.3, -0.25) is 14.4 Å². The van der Waals surface area contributed by atoms with Crippen LogP contribution in [-0.4, -0.2) is 24.0 Å². The van der Waals surface area contributed by atoms with Crippen LogP contribution in [0.25, 0.3) is 0 Å². The Hall–Kier alpha value is -2.22. The van der Waals surface area contributed by atoms with Crippen molar-refractivity contribution in [1.29, 1.82) is 5.26 Å². The fourth-order valence-electron chi connectivity index (χ4n) is 10.1. The number of nitrogens with zero attached hydrogens (tertiary/aromatic N) is 1. The number of ketones is 2. The van der Waals surface area contributed by atoms with Crippen molar-refractivity contribution >= 4 is 17.5 Å². The van der Waals surface area contributed by atoms with Crippen molar-refractivity contribution in [2.75, 3.05) is 6.54 Å². The third kappa shape index (κ3) is 3.24. The van der Waals surface area contributed by atoms with Crippen molar-refractivity contribution in [2.24, 2.45) is 44.3 Å². The zero-order valence-electron chi connectivity index (χ0n) is 24.8. The molecule has 0 aromatic heterocycles. The van der Waals surface area contributed by atoms with Gasteiger partial charge in [-0.15, -0.1) is 0 Å². The van der Waals surface area contributed by atoms with E-state index in [2.05, 4.69) is 46.0 Å². The molecule has 3 fully saturated rings. The average Bonchev–Trinajstić information content (AvgIpc) is 2.82. The second kappa shape index (κ2) is 8.15. The lowest BCUT2D eigenvalue weighted by Gasteiger charge is -2.66. The van der Waals surface area contributed by atoms with Gasteiger partial charge in [0.25, 0.3) is 0 Å². The van der Waals surface area contributed by atoms with Crippen LogP contribution in [0, 0.1) is 55.7 Å². The van der Waals surface area contributed by atoms with Gasteiger partial charge < -0.3 is 5.32 Å². The summed E-state index contributed by atoms with van der Waals surface area (Å²) >= 11 is 0. The van der Waals surface area contributed by atoms with Crippen LogP contribution in [0.2, 0.25) is 0 Å². The summed E-state index contributed by atoms with van der Waals surface area (Å²) in [6.45, 7) is 18.0. The molecule has 0 aromatic rings. The van der Waals surface area contributed by atoms with Crippen molar-refractivity contribution in [1.82, 2.24) is 5.32 Å². The lowest BCUT2D eigenvalue weighted by Crippen LogP contribution is -2.62. The number of hydrogen-bond acceptors (Lipinski definition) is 4. The lowest BCUT2D eigenvalue weighted by atomic mass is 9.36. The fraction of sp³-hybridized carbons (Fsp3) is 0.758. The van der Waals surface area contributed by atoms with Gasteiger partial charge in [0.2, 0.25) is 5.91 Å². The van der Waals surface area contributed by atoms with E-state index in [1.54, 1.807) is 0 Å². The molecule has 206 valence electrons. The third-order valence-corrected chi connectivity index (χ3v) is 12.4. The number of nitriles is 1. The zero-order valence-corrected chi connectivity index (χ0v) is 24.8. The van der Waals surface area contributed by atoms with Gasteiger partial charge in [0.15, 0.2) is 11.6 Å². The molecule has 0 heterocycles. The predicted molar refractivity (Wildman–Crippen MR) is 148 cm³/mol. The molecule has 5 aliphatic carbocycles. The van der Waals surface area contributed by atoms with E-state index in [9.17, 15) is 19.6 Å². The number of amides is 1. The molecule has 38 heavy (non-hydrogen) atoms. The number of nitrogens with one attached hydrogen (secondary N) is 1. The highest BCUT2D eigenvalue weighted by Crippen LogP contribution is 2.73. The third-order valence-electron chi connectivity index (χ3n) is 12.4. The molecule has 5 aliphatic rings. The van der Waals surface area contributed by atoms with Gasteiger partial charge in [0.1, 0.15) is 5.92 Å². The van der Waals surface area contributed by atoms with Crippen LogP contribution in [0.5, 0.6) is 0 Å². The Bertz CT molecular complexity index is 1230. The average molecular weight is 519 g/mol. The largest absolute Gasteiger partial charge is 0.356 e. The molecule has 0 radical (unpaired) electrons. The maximum Gasteiger partial charge on any atom is 0.230 e. The summed E-state index contributed by atoms with van der Waals surface area (Å²) in [5, 5.41) is 13.1. The molecule has 5 heteroatoms. The summed E-state index contributed by atoms with van der Waals surface area (Å²) < 4.78 is 0. The number of carbonyl (C=O) groups excluding carboxylic acids is 3. The topological polar surface area (TPSA) is 87.0 Å². The number of hydrogen-bond donors (Lipinski definition) is 1. The van der Waals surface area contributed by atoms with E-state index < -0.39 is 16.7 Å². The van der Waals surface area contributed by atoms with E-state index in [0.29, 0.717) is 13.0 Å². The smallest absolute Gasteiger partial charge is 0.230 e. The molecule has 0 spiro atoms. The van der Waals surface area contributed by atoms with E-state index in [0.717, 1.165) is 61.7 Å². The van der Waals surface area contributed by atoms with Crippen molar-refractivity contribution < 1.29 is 14.4 Å². The Morgan fingerprint density at radius 2 is 1.66 bits per heavy atom. The molecular weight excluding hydrogens is 472 g/mol. The Labute approximate surface area is 228 Å². The van der Waals surface area contributed by atoms with Crippen LogP contribution in [0.4, 0.5) is 0 Å². The number of carbonyl (C=O) groups is 3. The molecule has 0 aromatic carbocycles. The van der Waals surface area contributed by atoms with E-state index >= 15 is 0 Å². The predicted octanol–water partition coefficient (Wildman–Crippen LogP) is 6.49. The van der Waals surface area contributed by atoms with Gasteiger partial charge >= 0.3 is 0 Å². The molecule has 1 unspecified atom stereocenters. The molecule has 6 atom stereocenters. The van der Waals surface area contributed by atoms with Crippen LogP contribution in [-0.2, 0) is 14.4 Å². The summed E-state index contributed by atoms with van der Waals surface area (Å²) in [6, 6.07) is 2.31. The van der Waals surface area contributed by atoms with Gasteiger partial charge in [-0.05, 0) is 92.1 Å². The van der Waals surface area contributed by atoms with E-state index in [1.807, 2.05) is 26.8 Å². The molecule has 0 saturated heterocycles. The van der Waals surface area contributed by atoms with Crippen LogP contribution >= 0.6 is 0 Å². The van der Waals surface area contributed by atoms with E-state index in [-0.39, 0.29) is 45.1 Å². The Kier molecular flexibility index (Phi) is 5.87. The first kappa shape index (κ1) is 27.4. The molecule has 5 nitrogen and oxygen atoms in total. The van der Waals surface area contributed by atoms with Crippen LogP contribution in [0.3, 0.4) is 0 Å². The highest BCUT2D eigenvalue weighted by atomic mass is 16.2. The molecule has 1 N–H and O–H groups in total. The van der Waals surface area contributed by atoms with Crippen molar-refractivity contribution in [2.45, 2.75) is 107 Å². The number of fused-ring (bicyclic) bond motifs is 6. The second-order valence-corrected chi connectivity index (χ2v) is 15.2. The zero-order chi connectivity index (χ0) is 28.1. The monoisotopic (exact) mass is 518 g/mol. The number of rotatable bonds is 2. The quantitative estimate of drug-likeness (QED) is 0.453. The lowest BCUT2D eigenvalue weighted by molar-refractivity contribution is -0.148. The van der Waals surface area contributed by atoms with Gasteiger partial charge in [-0.2, -0.15) is 5.26 Å². The molecule has 1 amide bonds. The summed E-state index contributed by atoms with van der Waals surface area (Å²) in [5.74, 6) is -0.340. The first-order valence-corrected chi connectivity index (χ1v) is 14.8. The molecule has 5 rings (SSSR count). The van der Waals surface area contributed by atoms with Crippen LogP contribution < -0.4 is 5.32 Å². The summed E-state index contributed by atoms with van der Waals surface area (Å²) in [4.78, 5) is 41.4. The van der Waals surface area contributed by atoms with Gasteiger partial charge in [-0.1, -0.05) is 54.0 Å². The van der Waals surface area contributed by atoms with Crippen LogP contribution in [0.15, 0.2) is 22.8 Å². The summed E-state index contributed by atoms with van der Waals surface area (Å²) in [7, 11) is 0. The molecule has 0 bridgehead atoms. The SMILES string of the molecule is CCNC(=O)[C@]12CCC(C)(C)CC1=C1C(=O)C=C3[C@@]4(C)CC(C#N)C(=O)C(C)(C)[C@@H]4CC[C@@]3(C)[C@]1(C)CC2. The highest BCUT2D eigenvalue weighted by molar-refractivity contribution is 6.09. The Morgan fingerprint density at radius 1 is 1.00 bits per heavy atom. The highest BCUT2D eigenvalue weighted by Gasteiger charge is 2.68. The minimum Gasteiger partial charge on any atom is -0.356 e. The fourth-order valence-corrected chi connectivity index (χ4v) is 10.1. The summed E-state index contributed by atoms with van der Waals surface area (Å²) in [6.07, 6.45) is 8.32. The van der Waals surface area contributed by atoms with E-state index in [4.69, 9.17) is 0 Å². The van der Waals surface area contributed by atoms with Gasteiger partial charge in [0.05, 0.1) is 11.5 Å². The second-order valence-electron chi connectivity index (χ2n) is 15.2.